The van der Waals surface area contributed by atoms with Gasteiger partial charge in [-0.2, -0.15) is 9.35 Å². The number of carbonyl (C=O) groups is 1. The van der Waals surface area contributed by atoms with Crippen molar-refractivity contribution in [3.05, 3.63) is 46.1 Å². The number of thiophene rings is 1. The largest absolute Gasteiger partial charge is 0.480 e. The maximum absolute atomic E-state index is 14.0. The van der Waals surface area contributed by atoms with E-state index in [9.17, 15) is 17.8 Å². The quantitative estimate of drug-likeness (QED) is 0.599. The topological polar surface area (TPSA) is 90.7 Å². The molecule has 11 heteroatoms. The average Bonchev–Trinajstić information content (AvgIpc) is 2.97. The molecule has 0 fully saturated rings. The number of ether oxygens (including phenoxy) is 2. The van der Waals surface area contributed by atoms with Crippen molar-refractivity contribution < 1.29 is 27.3 Å². The molecule has 0 aliphatic carbocycles. The van der Waals surface area contributed by atoms with Gasteiger partial charge in [-0.25, -0.2) is 18.0 Å². The summed E-state index contributed by atoms with van der Waals surface area (Å²) < 4.78 is 54.1. The first-order valence-corrected chi connectivity index (χ1v) is 11.0. The predicted octanol–water partition coefficient (Wildman–Crippen LogP) is 3.73. The molecular formula is C18H17F2N3O4S2. The summed E-state index contributed by atoms with van der Waals surface area (Å²) in [5, 5.41) is 0.534. The first kappa shape index (κ1) is 21.2. The van der Waals surface area contributed by atoms with Gasteiger partial charge in [-0.15, -0.1) is 11.3 Å². The zero-order chi connectivity index (χ0) is 21.3. The van der Waals surface area contributed by atoms with E-state index in [0.29, 0.717) is 27.7 Å². The number of amides is 1. The number of hydrogen-bond acceptors (Lipinski definition) is 7. The van der Waals surface area contributed by atoms with Crippen LogP contribution in [0.25, 0.3) is 10.2 Å². The van der Waals surface area contributed by atoms with E-state index in [1.807, 2.05) is 0 Å². The number of aryl methyl sites for hydroxylation is 1. The van der Waals surface area contributed by atoms with Crippen LogP contribution in [0.15, 0.2) is 27.5 Å². The Bertz CT molecular complexity index is 1230. The van der Waals surface area contributed by atoms with Gasteiger partial charge in [-0.05, 0) is 24.6 Å². The molecule has 3 aromatic rings. The predicted molar refractivity (Wildman–Crippen MR) is 105 cm³/mol. The maximum Gasteiger partial charge on any atom is 0.295 e. The molecule has 0 aliphatic rings. The second-order valence-corrected chi connectivity index (χ2v) is 9.32. The van der Waals surface area contributed by atoms with Crippen LogP contribution in [-0.4, -0.2) is 40.6 Å². The molecule has 1 amide bonds. The first-order valence-electron chi connectivity index (χ1n) is 8.22. The molecule has 1 atom stereocenters. The third-order valence-electron chi connectivity index (χ3n) is 4.02. The second kappa shape index (κ2) is 8.09. The number of benzene rings is 1. The van der Waals surface area contributed by atoms with E-state index in [2.05, 4.69) is 14.3 Å². The zero-order valence-electron chi connectivity index (χ0n) is 16.0. The summed E-state index contributed by atoms with van der Waals surface area (Å²) in [6, 6.07) is 2.58. The summed E-state index contributed by atoms with van der Waals surface area (Å²) in [5.74, 6) is -1.99. The number of methoxy groups -OCH3 is 2. The van der Waals surface area contributed by atoms with E-state index >= 15 is 0 Å². The number of nitrogens with zero attached hydrogens (tertiary/aromatic N) is 3. The van der Waals surface area contributed by atoms with Crippen LogP contribution in [0.2, 0.25) is 0 Å². The summed E-state index contributed by atoms with van der Waals surface area (Å²) in [5.41, 5.74) is 0.509. The number of aromatic nitrogens is 2. The minimum absolute atomic E-state index is 0.156. The maximum atomic E-state index is 14.0. The van der Waals surface area contributed by atoms with Crippen molar-refractivity contribution in [2.45, 2.75) is 18.4 Å². The highest BCUT2D eigenvalue weighted by Gasteiger charge is 2.23. The van der Waals surface area contributed by atoms with Gasteiger partial charge in [0.2, 0.25) is 5.88 Å². The number of carbonyl (C=O) groups excluding carboxylic acids is 1. The number of hydrogen-bond donors (Lipinski definition) is 0. The molecule has 0 spiro atoms. The van der Waals surface area contributed by atoms with Crippen LogP contribution in [0.5, 0.6) is 5.88 Å². The molecule has 7 nitrogen and oxygen atoms in total. The van der Waals surface area contributed by atoms with Crippen LogP contribution in [-0.2, 0) is 21.1 Å². The highest BCUT2D eigenvalue weighted by molar-refractivity contribution is 7.93. The van der Waals surface area contributed by atoms with Crippen LogP contribution in [0.4, 0.5) is 8.78 Å². The highest BCUT2D eigenvalue weighted by Crippen LogP contribution is 2.35. The Kier molecular flexibility index (Phi) is 5.92. The van der Waals surface area contributed by atoms with Crippen molar-refractivity contribution in [2.24, 2.45) is 4.36 Å². The minimum Gasteiger partial charge on any atom is -0.480 e. The van der Waals surface area contributed by atoms with Crippen molar-refractivity contribution in [1.29, 1.82) is 0 Å². The summed E-state index contributed by atoms with van der Waals surface area (Å²) in [4.78, 5) is 21.7. The monoisotopic (exact) mass is 441 g/mol. The van der Waals surface area contributed by atoms with E-state index in [1.54, 1.807) is 6.92 Å². The fraction of sp³-hybridized carbons (Fsp3) is 0.278. The molecule has 0 bridgehead atoms. The number of rotatable bonds is 5. The lowest BCUT2D eigenvalue weighted by Crippen LogP contribution is -2.06. The SMILES string of the molecule is COCc1nc(OC)c2c(C)c(C(=O)N=S(C)(=O)c3ccc(F)cc3F)sc2n1. The number of halogens is 2. The highest BCUT2D eigenvalue weighted by atomic mass is 32.2. The summed E-state index contributed by atoms with van der Waals surface area (Å²) in [6.45, 7) is 1.82. The van der Waals surface area contributed by atoms with Crippen molar-refractivity contribution in [3.8, 4) is 5.88 Å². The zero-order valence-corrected chi connectivity index (χ0v) is 17.6. The van der Waals surface area contributed by atoms with Gasteiger partial charge in [-0.3, -0.25) is 4.79 Å². The third kappa shape index (κ3) is 4.11. The summed E-state index contributed by atoms with van der Waals surface area (Å²) in [7, 11) is -0.497. The van der Waals surface area contributed by atoms with E-state index < -0.39 is 27.3 Å². The van der Waals surface area contributed by atoms with Crippen LogP contribution in [0, 0.1) is 18.6 Å². The van der Waals surface area contributed by atoms with Crippen molar-refractivity contribution in [3.63, 3.8) is 0 Å². The Morgan fingerprint density at radius 2 is 2.00 bits per heavy atom. The number of fused-ring (bicyclic) bond motifs is 1. The van der Waals surface area contributed by atoms with Crippen LogP contribution in [0.1, 0.15) is 21.1 Å². The fourth-order valence-electron chi connectivity index (χ4n) is 2.72. The molecule has 0 aliphatic heterocycles. The van der Waals surface area contributed by atoms with Gasteiger partial charge >= 0.3 is 0 Å². The van der Waals surface area contributed by atoms with Gasteiger partial charge in [-0.1, -0.05) is 0 Å². The lowest BCUT2D eigenvalue weighted by molar-refractivity contribution is 0.101. The van der Waals surface area contributed by atoms with Gasteiger partial charge in [0.1, 0.15) is 27.9 Å². The molecule has 0 saturated heterocycles. The van der Waals surface area contributed by atoms with Crippen molar-refractivity contribution >= 4 is 37.2 Å². The standard InChI is InChI=1S/C18H17F2N3O4S2/c1-9-14-17(27-3)21-13(8-26-2)22-18(14)28-15(9)16(24)23-29(4,25)12-6-5-10(19)7-11(12)20/h5-7H,8H2,1-4H3. The molecule has 154 valence electrons. The van der Waals surface area contributed by atoms with E-state index in [0.717, 1.165) is 29.7 Å². The molecular weight excluding hydrogens is 424 g/mol. The van der Waals surface area contributed by atoms with Gasteiger partial charge in [0.15, 0.2) is 5.82 Å². The van der Waals surface area contributed by atoms with E-state index in [1.165, 1.54) is 14.2 Å². The Labute approximate surface area is 169 Å². The van der Waals surface area contributed by atoms with Gasteiger partial charge in [0, 0.05) is 19.4 Å². The summed E-state index contributed by atoms with van der Waals surface area (Å²) in [6.07, 6.45) is 1.13. The van der Waals surface area contributed by atoms with Crippen molar-refractivity contribution in [1.82, 2.24) is 9.97 Å². The van der Waals surface area contributed by atoms with Crippen LogP contribution < -0.4 is 4.74 Å². The van der Waals surface area contributed by atoms with Crippen LogP contribution >= 0.6 is 11.3 Å². The Morgan fingerprint density at radius 3 is 2.62 bits per heavy atom. The average molecular weight is 441 g/mol. The molecule has 0 N–H and O–H groups in total. The Hall–Kier alpha value is -2.50. The molecule has 29 heavy (non-hydrogen) atoms. The third-order valence-corrected chi connectivity index (χ3v) is 6.86. The van der Waals surface area contributed by atoms with Gasteiger partial charge < -0.3 is 9.47 Å². The normalized spacial score (nSPS) is 13.3. The van der Waals surface area contributed by atoms with Gasteiger partial charge in [0.25, 0.3) is 5.91 Å². The lowest BCUT2D eigenvalue weighted by Gasteiger charge is -2.06. The Balaban J connectivity index is 2.12. The van der Waals surface area contributed by atoms with E-state index in [4.69, 9.17) is 9.47 Å². The van der Waals surface area contributed by atoms with Crippen LogP contribution in [0.3, 0.4) is 0 Å². The molecule has 2 heterocycles. The molecule has 0 saturated carbocycles. The van der Waals surface area contributed by atoms with Gasteiger partial charge in [0.05, 0.1) is 27.1 Å². The molecule has 1 unspecified atom stereocenters. The van der Waals surface area contributed by atoms with Crippen molar-refractivity contribution in [2.75, 3.05) is 20.5 Å². The Morgan fingerprint density at radius 1 is 1.28 bits per heavy atom. The lowest BCUT2D eigenvalue weighted by atomic mass is 10.2. The fourth-order valence-corrected chi connectivity index (χ4v) is 5.10. The molecule has 3 rings (SSSR count). The molecule has 1 aromatic carbocycles. The minimum atomic E-state index is -3.44. The summed E-state index contributed by atoms with van der Waals surface area (Å²) >= 11 is 1.03. The molecule has 2 aromatic heterocycles. The smallest absolute Gasteiger partial charge is 0.295 e. The second-order valence-electron chi connectivity index (χ2n) is 6.09. The molecule has 0 radical (unpaired) electrons. The van der Waals surface area contributed by atoms with E-state index in [-0.39, 0.29) is 22.3 Å². The first-order chi connectivity index (χ1) is 13.7.